The molecule has 0 radical (unpaired) electrons. The lowest BCUT2D eigenvalue weighted by Crippen LogP contribution is -2.35. The summed E-state index contributed by atoms with van der Waals surface area (Å²) in [5.74, 6) is -0.853. The van der Waals surface area contributed by atoms with E-state index in [1.807, 2.05) is 20.8 Å². The second-order valence-electron chi connectivity index (χ2n) is 5.60. The van der Waals surface area contributed by atoms with Gasteiger partial charge in [-0.05, 0) is 18.3 Å². The first kappa shape index (κ1) is 12.0. The molecule has 1 aliphatic rings. The number of carbonyl (C=O) groups is 2. The summed E-state index contributed by atoms with van der Waals surface area (Å²) in [5.41, 5.74) is -0.711. The number of nitrogens with one attached hydrogen (secondary N) is 1. The van der Waals surface area contributed by atoms with Crippen LogP contribution in [0.25, 0.3) is 0 Å². The Morgan fingerprint density at radius 3 is 2.20 bits per heavy atom. The summed E-state index contributed by atoms with van der Waals surface area (Å²) < 4.78 is 0. The standard InChI is InChI=1S/C11H19NO3/c1-10(2,3)6-8(13)12-7-11(4-5-11)9(14)15/h4-7H2,1-3H3,(H,12,13)(H,14,15). The topological polar surface area (TPSA) is 66.4 Å². The van der Waals surface area contributed by atoms with Gasteiger partial charge in [0.1, 0.15) is 0 Å². The summed E-state index contributed by atoms with van der Waals surface area (Å²) in [7, 11) is 0. The molecule has 1 rings (SSSR count). The molecule has 1 aliphatic carbocycles. The Morgan fingerprint density at radius 2 is 1.87 bits per heavy atom. The van der Waals surface area contributed by atoms with Crippen LogP contribution in [0.2, 0.25) is 0 Å². The molecule has 4 nitrogen and oxygen atoms in total. The maximum atomic E-state index is 11.5. The van der Waals surface area contributed by atoms with E-state index in [4.69, 9.17) is 5.11 Å². The number of carboxylic acids is 1. The fourth-order valence-electron chi connectivity index (χ4n) is 1.43. The van der Waals surface area contributed by atoms with Gasteiger partial charge in [-0.2, -0.15) is 0 Å². The summed E-state index contributed by atoms with van der Waals surface area (Å²) in [6.45, 7) is 6.22. The van der Waals surface area contributed by atoms with Crippen molar-refractivity contribution in [2.45, 2.75) is 40.0 Å². The first-order valence-corrected chi connectivity index (χ1v) is 5.25. The fourth-order valence-corrected chi connectivity index (χ4v) is 1.43. The number of rotatable bonds is 4. The van der Waals surface area contributed by atoms with Gasteiger partial charge in [0.15, 0.2) is 0 Å². The van der Waals surface area contributed by atoms with E-state index in [0.717, 1.165) is 0 Å². The van der Waals surface area contributed by atoms with Crippen LogP contribution < -0.4 is 5.32 Å². The number of aliphatic carboxylic acids is 1. The zero-order chi connectivity index (χ0) is 11.7. The van der Waals surface area contributed by atoms with Crippen LogP contribution in [-0.4, -0.2) is 23.5 Å². The summed E-state index contributed by atoms with van der Waals surface area (Å²) in [6.07, 6.45) is 1.79. The lowest BCUT2D eigenvalue weighted by Gasteiger charge is -2.18. The molecule has 2 N–H and O–H groups in total. The molecule has 0 unspecified atom stereocenters. The Hall–Kier alpha value is -1.06. The maximum Gasteiger partial charge on any atom is 0.311 e. The van der Waals surface area contributed by atoms with E-state index < -0.39 is 11.4 Å². The molecule has 15 heavy (non-hydrogen) atoms. The second kappa shape index (κ2) is 3.83. The van der Waals surface area contributed by atoms with Crippen molar-refractivity contribution < 1.29 is 14.7 Å². The zero-order valence-corrected chi connectivity index (χ0v) is 9.59. The molecule has 1 saturated carbocycles. The van der Waals surface area contributed by atoms with Crippen molar-refractivity contribution in [3.05, 3.63) is 0 Å². The fraction of sp³-hybridized carbons (Fsp3) is 0.818. The van der Waals surface area contributed by atoms with Gasteiger partial charge in [0.25, 0.3) is 0 Å². The maximum absolute atomic E-state index is 11.5. The molecule has 0 saturated heterocycles. The molecular weight excluding hydrogens is 194 g/mol. The van der Waals surface area contributed by atoms with Gasteiger partial charge in [-0.25, -0.2) is 0 Å². The lowest BCUT2D eigenvalue weighted by atomic mass is 9.92. The molecule has 0 aromatic rings. The highest BCUT2D eigenvalue weighted by Crippen LogP contribution is 2.45. The zero-order valence-electron chi connectivity index (χ0n) is 9.59. The van der Waals surface area contributed by atoms with Crippen LogP contribution in [0.5, 0.6) is 0 Å². The van der Waals surface area contributed by atoms with Gasteiger partial charge in [-0.15, -0.1) is 0 Å². The number of amides is 1. The molecule has 1 amide bonds. The Balaban J connectivity index is 2.32. The van der Waals surface area contributed by atoms with E-state index in [9.17, 15) is 9.59 Å². The first-order valence-electron chi connectivity index (χ1n) is 5.25. The Morgan fingerprint density at radius 1 is 1.33 bits per heavy atom. The predicted octanol–water partition coefficient (Wildman–Crippen LogP) is 1.40. The Labute approximate surface area is 90.0 Å². The van der Waals surface area contributed by atoms with Crippen LogP contribution in [0.15, 0.2) is 0 Å². The summed E-state index contributed by atoms with van der Waals surface area (Å²) in [5, 5.41) is 11.6. The van der Waals surface area contributed by atoms with Crippen LogP contribution in [0, 0.1) is 10.8 Å². The smallest absolute Gasteiger partial charge is 0.311 e. The predicted molar refractivity (Wildman–Crippen MR) is 56.4 cm³/mol. The molecule has 4 heteroatoms. The third-order valence-electron chi connectivity index (χ3n) is 2.62. The normalized spacial score (nSPS) is 18.3. The van der Waals surface area contributed by atoms with E-state index in [-0.39, 0.29) is 17.9 Å². The quantitative estimate of drug-likeness (QED) is 0.742. The van der Waals surface area contributed by atoms with Crippen LogP contribution in [0.3, 0.4) is 0 Å². The second-order valence-corrected chi connectivity index (χ2v) is 5.60. The molecular formula is C11H19NO3. The van der Waals surface area contributed by atoms with Crippen molar-refractivity contribution in [1.29, 1.82) is 0 Å². The van der Waals surface area contributed by atoms with Gasteiger partial charge >= 0.3 is 5.97 Å². The molecule has 0 aliphatic heterocycles. The minimum absolute atomic E-state index is 0.0516. The van der Waals surface area contributed by atoms with E-state index in [1.54, 1.807) is 0 Å². The van der Waals surface area contributed by atoms with Gasteiger partial charge in [-0.1, -0.05) is 20.8 Å². The van der Waals surface area contributed by atoms with Gasteiger partial charge in [0.2, 0.25) is 5.91 Å². The lowest BCUT2D eigenvalue weighted by molar-refractivity contribution is -0.143. The van der Waals surface area contributed by atoms with Crippen molar-refractivity contribution in [1.82, 2.24) is 5.32 Å². The Bertz CT molecular complexity index is 274. The van der Waals surface area contributed by atoms with Gasteiger partial charge < -0.3 is 10.4 Å². The van der Waals surface area contributed by atoms with Crippen molar-refractivity contribution in [3.63, 3.8) is 0 Å². The minimum atomic E-state index is -0.793. The van der Waals surface area contributed by atoms with Gasteiger partial charge in [0, 0.05) is 13.0 Å². The van der Waals surface area contributed by atoms with Crippen LogP contribution in [-0.2, 0) is 9.59 Å². The van der Waals surface area contributed by atoms with E-state index >= 15 is 0 Å². The summed E-state index contributed by atoms with van der Waals surface area (Å²) in [6, 6.07) is 0. The first-order chi connectivity index (χ1) is 6.75. The number of carbonyl (C=O) groups excluding carboxylic acids is 1. The van der Waals surface area contributed by atoms with E-state index in [2.05, 4.69) is 5.32 Å². The molecule has 0 heterocycles. The number of hydrogen-bond donors (Lipinski definition) is 2. The third kappa shape index (κ3) is 3.53. The molecule has 0 spiro atoms. The SMILES string of the molecule is CC(C)(C)CC(=O)NCC1(C(=O)O)CC1. The average Bonchev–Trinajstić information content (AvgIpc) is 2.77. The molecule has 0 atom stereocenters. The van der Waals surface area contributed by atoms with Gasteiger partial charge in [-0.3, -0.25) is 9.59 Å². The van der Waals surface area contributed by atoms with Gasteiger partial charge in [0.05, 0.1) is 5.41 Å². The average molecular weight is 213 g/mol. The van der Waals surface area contributed by atoms with E-state index in [1.165, 1.54) is 0 Å². The summed E-state index contributed by atoms with van der Waals surface area (Å²) in [4.78, 5) is 22.3. The highest BCUT2D eigenvalue weighted by Gasteiger charge is 2.50. The number of hydrogen-bond acceptors (Lipinski definition) is 2. The van der Waals surface area contributed by atoms with Crippen molar-refractivity contribution in [3.8, 4) is 0 Å². The largest absolute Gasteiger partial charge is 0.481 e. The van der Waals surface area contributed by atoms with Crippen LogP contribution >= 0.6 is 0 Å². The molecule has 0 aromatic heterocycles. The molecule has 0 bridgehead atoms. The molecule has 86 valence electrons. The Kier molecular flexibility index (Phi) is 3.07. The molecule has 1 fully saturated rings. The van der Waals surface area contributed by atoms with Crippen LogP contribution in [0.4, 0.5) is 0 Å². The van der Waals surface area contributed by atoms with Crippen molar-refractivity contribution >= 4 is 11.9 Å². The number of carboxylic acid groups (broad SMARTS) is 1. The summed E-state index contributed by atoms with van der Waals surface area (Å²) >= 11 is 0. The van der Waals surface area contributed by atoms with Crippen LogP contribution in [0.1, 0.15) is 40.0 Å². The van der Waals surface area contributed by atoms with Crippen molar-refractivity contribution in [2.75, 3.05) is 6.54 Å². The minimum Gasteiger partial charge on any atom is -0.481 e. The monoisotopic (exact) mass is 213 g/mol. The van der Waals surface area contributed by atoms with Crippen molar-refractivity contribution in [2.24, 2.45) is 10.8 Å². The molecule has 0 aromatic carbocycles. The third-order valence-corrected chi connectivity index (χ3v) is 2.62. The highest BCUT2D eigenvalue weighted by atomic mass is 16.4. The highest BCUT2D eigenvalue weighted by molar-refractivity contribution is 5.81. The van der Waals surface area contributed by atoms with E-state index in [0.29, 0.717) is 19.3 Å².